The van der Waals surface area contributed by atoms with Crippen LogP contribution >= 0.6 is 0 Å². The highest BCUT2D eigenvalue weighted by atomic mass is 16.5. The predicted octanol–water partition coefficient (Wildman–Crippen LogP) is 1.34. The van der Waals surface area contributed by atoms with Gasteiger partial charge >= 0.3 is 0 Å². The van der Waals surface area contributed by atoms with Crippen LogP contribution in [0.5, 0.6) is 5.88 Å². The molecule has 0 fully saturated rings. The molecular weight excluding hydrogens is 244 g/mol. The van der Waals surface area contributed by atoms with Crippen LogP contribution in [0.3, 0.4) is 0 Å². The van der Waals surface area contributed by atoms with Crippen molar-refractivity contribution in [3.05, 3.63) is 12.1 Å². The number of aromatic nitrogens is 1. The monoisotopic (exact) mass is 266 g/mol. The molecular formula is C13H22N4O2. The average molecular weight is 266 g/mol. The van der Waals surface area contributed by atoms with Crippen molar-refractivity contribution in [3.8, 4) is 5.88 Å². The minimum atomic E-state index is -0.376. The molecule has 6 heteroatoms. The zero-order chi connectivity index (χ0) is 14.6. The Morgan fingerprint density at radius 2 is 2.05 bits per heavy atom. The van der Waals surface area contributed by atoms with Crippen LogP contribution < -0.4 is 15.8 Å². The van der Waals surface area contributed by atoms with E-state index in [1.165, 1.54) is 4.90 Å². The summed E-state index contributed by atoms with van der Waals surface area (Å²) in [6, 6.07) is 3.42. The number of pyridine rings is 1. The molecule has 0 aliphatic carbocycles. The van der Waals surface area contributed by atoms with Crippen LogP contribution in [0.4, 0.5) is 11.5 Å². The van der Waals surface area contributed by atoms with Crippen molar-refractivity contribution in [1.29, 1.82) is 0 Å². The minimum absolute atomic E-state index is 0.0306. The molecule has 0 saturated carbocycles. The first-order valence-electron chi connectivity index (χ1n) is 6.08. The Bertz CT molecular complexity index is 452. The summed E-state index contributed by atoms with van der Waals surface area (Å²) in [5.74, 6) is 0.898. The molecule has 0 radical (unpaired) electrons. The van der Waals surface area contributed by atoms with Gasteiger partial charge in [-0.05, 0) is 32.9 Å². The number of likely N-dealkylation sites (N-methyl/N-ethyl adjacent to an activating group) is 1. The first kappa shape index (κ1) is 15.1. The van der Waals surface area contributed by atoms with E-state index in [0.717, 1.165) is 0 Å². The van der Waals surface area contributed by atoms with Gasteiger partial charge in [-0.25, -0.2) is 0 Å². The van der Waals surface area contributed by atoms with Crippen LogP contribution in [0, 0.1) is 0 Å². The molecule has 1 amide bonds. The highest BCUT2D eigenvalue weighted by molar-refractivity contribution is 5.80. The van der Waals surface area contributed by atoms with Gasteiger partial charge in [-0.2, -0.15) is 4.98 Å². The summed E-state index contributed by atoms with van der Waals surface area (Å²) in [4.78, 5) is 17.2. The fraction of sp³-hybridized carbons (Fsp3) is 0.538. The van der Waals surface area contributed by atoms with Crippen molar-refractivity contribution in [2.45, 2.75) is 26.4 Å². The van der Waals surface area contributed by atoms with Crippen LogP contribution in [0.15, 0.2) is 12.1 Å². The lowest BCUT2D eigenvalue weighted by Gasteiger charge is -2.21. The zero-order valence-electron chi connectivity index (χ0n) is 12.2. The SMILES string of the molecule is CN(C)C(=O)CNc1ccc(N)c(OC(C)(C)C)n1. The lowest BCUT2D eigenvalue weighted by molar-refractivity contribution is -0.126. The number of anilines is 2. The van der Waals surface area contributed by atoms with Gasteiger partial charge in [0.1, 0.15) is 11.4 Å². The van der Waals surface area contributed by atoms with E-state index in [0.29, 0.717) is 17.4 Å². The van der Waals surface area contributed by atoms with Gasteiger partial charge in [0.15, 0.2) is 0 Å². The van der Waals surface area contributed by atoms with Crippen molar-refractivity contribution in [1.82, 2.24) is 9.88 Å². The van der Waals surface area contributed by atoms with E-state index in [2.05, 4.69) is 10.3 Å². The summed E-state index contributed by atoms with van der Waals surface area (Å²) in [5, 5.41) is 2.94. The van der Waals surface area contributed by atoms with Crippen LogP contribution in [-0.2, 0) is 4.79 Å². The Labute approximate surface area is 113 Å². The van der Waals surface area contributed by atoms with Gasteiger partial charge in [0.05, 0.1) is 12.2 Å². The Hall–Kier alpha value is -1.98. The van der Waals surface area contributed by atoms with Gasteiger partial charge in [-0.1, -0.05) is 0 Å². The zero-order valence-corrected chi connectivity index (χ0v) is 12.2. The molecule has 0 saturated heterocycles. The molecule has 1 rings (SSSR count). The lowest BCUT2D eigenvalue weighted by atomic mass is 10.2. The van der Waals surface area contributed by atoms with E-state index in [4.69, 9.17) is 10.5 Å². The number of nitrogens with zero attached hydrogens (tertiary/aromatic N) is 2. The van der Waals surface area contributed by atoms with Gasteiger partial charge in [-0.3, -0.25) is 4.79 Å². The summed E-state index contributed by atoms with van der Waals surface area (Å²) in [6.07, 6.45) is 0. The van der Waals surface area contributed by atoms with Gasteiger partial charge in [0.2, 0.25) is 11.8 Å². The molecule has 3 N–H and O–H groups in total. The molecule has 0 spiro atoms. The van der Waals surface area contributed by atoms with Crippen molar-refractivity contribution >= 4 is 17.4 Å². The standard InChI is InChI=1S/C13H22N4O2/c1-13(2,3)19-12-9(14)6-7-10(16-12)15-8-11(18)17(4)5/h6-7H,8,14H2,1-5H3,(H,15,16). The quantitative estimate of drug-likeness (QED) is 0.859. The molecule has 0 aliphatic rings. The fourth-order valence-corrected chi connectivity index (χ4v) is 1.25. The number of rotatable bonds is 4. The number of hydrogen-bond acceptors (Lipinski definition) is 5. The smallest absolute Gasteiger partial charge is 0.241 e. The van der Waals surface area contributed by atoms with Crippen LogP contribution in [0.1, 0.15) is 20.8 Å². The number of nitrogen functional groups attached to an aromatic ring is 1. The fourth-order valence-electron chi connectivity index (χ4n) is 1.25. The van der Waals surface area contributed by atoms with Gasteiger partial charge < -0.3 is 20.7 Å². The van der Waals surface area contributed by atoms with Crippen molar-refractivity contribution in [3.63, 3.8) is 0 Å². The van der Waals surface area contributed by atoms with E-state index in [1.807, 2.05) is 20.8 Å². The third-order valence-electron chi connectivity index (χ3n) is 2.21. The largest absolute Gasteiger partial charge is 0.470 e. The Morgan fingerprint density at radius 3 is 2.58 bits per heavy atom. The third kappa shape index (κ3) is 5.03. The number of nitrogens with one attached hydrogen (secondary N) is 1. The maximum Gasteiger partial charge on any atom is 0.241 e. The molecule has 1 aromatic heterocycles. The van der Waals surface area contributed by atoms with E-state index in [-0.39, 0.29) is 18.1 Å². The molecule has 6 nitrogen and oxygen atoms in total. The number of carbonyl (C=O) groups excluding carboxylic acids is 1. The minimum Gasteiger partial charge on any atom is -0.470 e. The van der Waals surface area contributed by atoms with Gasteiger partial charge in [0, 0.05) is 14.1 Å². The second-order valence-corrected chi connectivity index (χ2v) is 5.45. The van der Waals surface area contributed by atoms with Crippen LogP contribution in [0.2, 0.25) is 0 Å². The second kappa shape index (κ2) is 5.77. The third-order valence-corrected chi connectivity index (χ3v) is 2.21. The molecule has 19 heavy (non-hydrogen) atoms. The average Bonchev–Trinajstić information content (AvgIpc) is 2.27. The summed E-state index contributed by atoms with van der Waals surface area (Å²) < 4.78 is 5.66. The maximum atomic E-state index is 11.5. The molecule has 1 heterocycles. The molecule has 0 aromatic carbocycles. The molecule has 0 atom stereocenters. The molecule has 0 bridgehead atoms. The van der Waals surface area contributed by atoms with Crippen molar-refractivity contribution in [2.24, 2.45) is 0 Å². The van der Waals surface area contributed by atoms with Gasteiger partial charge in [0.25, 0.3) is 0 Å². The first-order valence-corrected chi connectivity index (χ1v) is 6.08. The van der Waals surface area contributed by atoms with E-state index < -0.39 is 0 Å². The number of nitrogens with two attached hydrogens (primary N) is 1. The number of amides is 1. The predicted molar refractivity (Wildman–Crippen MR) is 76.2 cm³/mol. The van der Waals surface area contributed by atoms with Crippen molar-refractivity contribution in [2.75, 3.05) is 31.7 Å². The maximum absolute atomic E-state index is 11.5. The Kier molecular flexibility index (Phi) is 4.58. The first-order chi connectivity index (χ1) is 8.69. The Morgan fingerprint density at radius 1 is 1.42 bits per heavy atom. The second-order valence-electron chi connectivity index (χ2n) is 5.45. The number of ether oxygens (including phenoxy) is 1. The van der Waals surface area contributed by atoms with Crippen LogP contribution in [0.25, 0.3) is 0 Å². The summed E-state index contributed by atoms with van der Waals surface area (Å²) in [6.45, 7) is 5.94. The molecule has 106 valence electrons. The lowest BCUT2D eigenvalue weighted by Crippen LogP contribution is -2.29. The van der Waals surface area contributed by atoms with Crippen LogP contribution in [-0.4, -0.2) is 42.0 Å². The highest BCUT2D eigenvalue weighted by Crippen LogP contribution is 2.24. The summed E-state index contributed by atoms with van der Waals surface area (Å²) in [7, 11) is 3.41. The normalized spacial score (nSPS) is 11.0. The van der Waals surface area contributed by atoms with E-state index in [1.54, 1.807) is 26.2 Å². The summed E-state index contributed by atoms with van der Waals surface area (Å²) in [5.41, 5.74) is 5.91. The molecule has 0 aliphatic heterocycles. The highest BCUT2D eigenvalue weighted by Gasteiger charge is 2.15. The van der Waals surface area contributed by atoms with E-state index >= 15 is 0 Å². The van der Waals surface area contributed by atoms with Crippen molar-refractivity contribution < 1.29 is 9.53 Å². The topological polar surface area (TPSA) is 80.5 Å². The molecule has 0 unspecified atom stereocenters. The number of hydrogen-bond donors (Lipinski definition) is 2. The Balaban J connectivity index is 2.76. The van der Waals surface area contributed by atoms with E-state index in [9.17, 15) is 4.79 Å². The number of carbonyl (C=O) groups is 1. The van der Waals surface area contributed by atoms with Gasteiger partial charge in [-0.15, -0.1) is 0 Å². The summed E-state index contributed by atoms with van der Waals surface area (Å²) >= 11 is 0. The molecule has 1 aromatic rings.